The van der Waals surface area contributed by atoms with E-state index in [1.54, 1.807) is 4.90 Å². The van der Waals surface area contributed by atoms with Crippen LogP contribution < -0.4 is 5.73 Å². The summed E-state index contributed by atoms with van der Waals surface area (Å²) in [5.41, 5.74) is 7.82. The zero-order valence-electron chi connectivity index (χ0n) is 14.2. The highest BCUT2D eigenvalue weighted by molar-refractivity contribution is 5.95. The van der Waals surface area contributed by atoms with Crippen LogP contribution in [0.2, 0.25) is 0 Å². The molecule has 2 aromatic rings. The Morgan fingerprint density at radius 2 is 1.92 bits per heavy atom. The maximum absolute atomic E-state index is 12.8. The summed E-state index contributed by atoms with van der Waals surface area (Å²) in [4.78, 5) is 25.0. The Morgan fingerprint density at radius 3 is 2.65 bits per heavy atom. The molecule has 2 heterocycles. The molecule has 0 radical (unpaired) electrons. The van der Waals surface area contributed by atoms with E-state index in [2.05, 4.69) is 12.1 Å². The van der Waals surface area contributed by atoms with Crippen molar-refractivity contribution in [2.24, 2.45) is 0 Å². The van der Waals surface area contributed by atoms with Gasteiger partial charge >= 0.3 is 0 Å². The van der Waals surface area contributed by atoms with Gasteiger partial charge in [-0.2, -0.15) is 0 Å². The van der Waals surface area contributed by atoms with E-state index in [1.807, 2.05) is 12.1 Å². The standard InChI is InChI=1S/C19H19N3O4/c20-16-6-5-13(11-17(16)22(24)25)18(23)21-9-7-19(8-10-21)15-4-2-1-3-14(15)12-26-19/h1-6,11H,7-10,12,20H2. The van der Waals surface area contributed by atoms with Crippen LogP contribution in [-0.4, -0.2) is 28.8 Å². The van der Waals surface area contributed by atoms with Crippen molar-refractivity contribution in [2.45, 2.75) is 25.0 Å². The number of anilines is 1. The number of benzene rings is 2. The van der Waals surface area contributed by atoms with Crippen LogP contribution in [0.5, 0.6) is 0 Å². The predicted octanol–water partition coefficient (Wildman–Crippen LogP) is 2.84. The largest absolute Gasteiger partial charge is 0.393 e. The molecule has 26 heavy (non-hydrogen) atoms. The quantitative estimate of drug-likeness (QED) is 0.508. The average Bonchev–Trinajstić information content (AvgIpc) is 3.01. The maximum Gasteiger partial charge on any atom is 0.292 e. The number of fused-ring (bicyclic) bond motifs is 2. The minimum atomic E-state index is -0.569. The first-order chi connectivity index (χ1) is 12.5. The third kappa shape index (κ3) is 2.61. The number of carbonyl (C=O) groups is 1. The van der Waals surface area contributed by atoms with Gasteiger partial charge in [-0.15, -0.1) is 0 Å². The number of piperidine rings is 1. The number of likely N-dealkylation sites (tertiary alicyclic amines) is 1. The number of ether oxygens (including phenoxy) is 1. The van der Waals surface area contributed by atoms with E-state index < -0.39 is 4.92 Å². The summed E-state index contributed by atoms with van der Waals surface area (Å²) in [5.74, 6) is -0.214. The van der Waals surface area contributed by atoms with Crippen LogP contribution >= 0.6 is 0 Å². The summed E-state index contributed by atoms with van der Waals surface area (Å²) in [5, 5.41) is 11.0. The molecule has 0 atom stereocenters. The van der Waals surface area contributed by atoms with Gasteiger partial charge in [-0.25, -0.2) is 0 Å². The number of rotatable bonds is 2. The number of nitro benzene ring substituents is 1. The number of amides is 1. The van der Waals surface area contributed by atoms with E-state index in [0.717, 1.165) is 0 Å². The molecule has 0 aliphatic carbocycles. The molecular formula is C19H19N3O4. The first-order valence-corrected chi connectivity index (χ1v) is 8.56. The molecule has 0 unspecified atom stereocenters. The lowest BCUT2D eigenvalue weighted by molar-refractivity contribution is -0.383. The minimum absolute atomic E-state index is 0.0557. The molecule has 0 saturated carbocycles. The number of nitrogen functional groups attached to an aromatic ring is 1. The van der Waals surface area contributed by atoms with E-state index in [9.17, 15) is 14.9 Å². The number of hydrogen-bond acceptors (Lipinski definition) is 5. The molecule has 2 N–H and O–H groups in total. The smallest absolute Gasteiger partial charge is 0.292 e. The van der Waals surface area contributed by atoms with E-state index in [1.165, 1.54) is 29.3 Å². The molecule has 1 spiro atoms. The van der Waals surface area contributed by atoms with Crippen LogP contribution in [0.3, 0.4) is 0 Å². The molecule has 0 bridgehead atoms. The summed E-state index contributed by atoms with van der Waals surface area (Å²) in [6.07, 6.45) is 1.43. The van der Waals surface area contributed by atoms with Crippen LogP contribution in [0.25, 0.3) is 0 Å². The van der Waals surface area contributed by atoms with Crippen LogP contribution in [0.15, 0.2) is 42.5 Å². The van der Waals surface area contributed by atoms with Gasteiger partial charge in [0.05, 0.1) is 17.1 Å². The summed E-state index contributed by atoms with van der Waals surface area (Å²) in [6.45, 7) is 1.70. The van der Waals surface area contributed by atoms with Gasteiger partial charge in [0.25, 0.3) is 11.6 Å². The van der Waals surface area contributed by atoms with Gasteiger partial charge in [0, 0.05) is 24.7 Å². The molecule has 1 fully saturated rings. The van der Waals surface area contributed by atoms with Crippen molar-refractivity contribution in [3.63, 3.8) is 0 Å². The average molecular weight is 353 g/mol. The number of nitro groups is 1. The van der Waals surface area contributed by atoms with E-state index in [-0.39, 0.29) is 28.4 Å². The van der Waals surface area contributed by atoms with Crippen molar-refractivity contribution >= 4 is 17.3 Å². The molecule has 7 nitrogen and oxygen atoms in total. The molecule has 4 rings (SSSR count). The van der Waals surface area contributed by atoms with Crippen molar-refractivity contribution in [1.29, 1.82) is 0 Å². The van der Waals surface area contributed by atoms with Crippen LogP contribution in [0.4, 0.5) is 11.4 Å². The van der Waals surface area contributed by atoms with Crippen molar-refractivity contribution < 1.29 is 14.5 Å². The Morgan fingerprint density at radius 1 is 1.19 bits per heavy atom. The number of nitrogens with zero attached hydrogens (tertiary/aromatic N) is 2. The summed E-state index contributed by atoms with van der Waals surface area (Å²) < 4.78 is 6.11. The lowest BCUT2D eigenvalue weighted by Gasteiger charge is -2.39. The van der Waals surface area contributed by atoms with E-state index in [0.29, 0.717) is 32.5 Å². The topological polar surface area (TPSA) is 98.7 Å². The van der Waals surface area contributed by atoms with Crippen molar-refractivity contribution in [1.82, 2.24) is 4.90 Å². The highest BCUT2D eigenvalue weighted by Gasteiger charge is 2.43. The SMILES string of the molecule is Nc1ccc(C(=O)N2CCC3(CC2)OCc2ccccc23)cc1[N+](=O)[O-]. The number of nitrogens with two attached hydrogens (primary N) is 1. The minimum Gasteiger partial charge on any atom is -0.393 e. The van der Waals surface area contributed by atoms with Crippen LogP contribution in [0, 0.1) is 10.1 Å². The molecular weight excluding hydrogens is 334 g/mol. The predicted molar refractivity (Wildman–Crippen MR) is 95.6 cm³/mol. The lowest BCUT2D eigenvalue weighted by atomic mass is 9.83. The second-order valence-corrected chi connectivity index (χ2v) is 6.76. The monoisotopic (exact) mass is 353 g/mol. The van der Waals surface area contributed by atoms with Gasteiger partial charge in [0.15, 0.2) is 0 Å². The number of hydrogen-bond donors (Lipinski definition) is 1. The fourth-order valence-corrected chi connectivity index (χ4v) is 3.89. The Labute approximate surface area is 150 Å². The van der Waals surface area contributed by atoms with Crippen LogP contribution in [-0.2, 0) is 16.9 Å². The normalized spacial score (nSPS) is 17.9. The van der Waals surface area contributed by atoms with Crippen molar-refractivity contribution in [2.75, 3.05) is 18.8 Å². The number of carbonyl (C=O) groups excluding carboxylic acids is 1. The molecule has 2 aromatic carbocycles. The molecule has 2 aliphatic rings. The Kier molecular flexibility index (Phi) is 3.88. The van der Waals surface area contributed by atoms with Gasteiger partial charge in [-0.1, -0.05) is 24.3 Å². The first kappa shape index (κ1) is 16.5. The Bertz CT molecular complexity index is 888. The molecule has 2 aliphatic heterocycles. The molecule has 7 heteroatoms. The van der Waals surface area contributed by atoms with Gasteiger partial charge in [0.2, 0.25) is 0 Å². The fourth-order valence-electron chi connectivity index (χ4n) is 3.89. The second-order valence-electron chi connectivity index (χ2n) is 6.76. The Hall–Kier alpha value is -2.93. The summed E-state index contributed by atoms with van der Waals surface area (Å²) in [6, 6.07) is 12.4. The van der Waals surface area contributed by atoms with Gasteiger partial charge in [-0.3, -0.25) is 14.9 Å². The van der Waals surface area contributed by atoms with E-state index >= 15 is 0 Å². The van der Waals surface area contributed by atoms with Crippen molar-refractivity contribution in [3.05, 3.63) is 69.3 Å². The highest BCUT2D eigenvalue weighted by atomic mass is 16.6. The van der Waals surface area contributed by atoms with E-state index in [4.69, 9.17) is 10.5 Å². The van der Waals surface area contributed by atoms with Crippen molar-refractivity contribution in [3.8, 4) is 0 Å². The van der Waals surface area contributed by atoms with Gasteiger partial charge < -0.3 is 15.4 Å². The summed E-state index contributed by atoms with van der Waals surface area (Å²) >= 11 is 0. The van der Waals surface area contributed by atoms with Gasteiger partial charge in [-0.05, 0) is 36.1 Å². The Balaban J connectivity index is 1.51. The molecule has 0 aromatic heterocycles. The third-order valence-electron chi connectivity index (χ3n) is 5.34. The fraction of sp³-hybridized carbons (Fsp3) is 0.316. The van der Waals surface area contributed by atoms with Crippen LogP contribution in [0.1, 0.15) is 34.3 Å². The van der Waals surface area contributed by atoms with Gasteiger partial charge in [0.1, 0.15) is 5.69 Å². The molecule has 1 amide bonds. The third-order valence-corrected chi connectivity index (χ3v) is 5.34. The highest BCUT2D eigenvalue weighted by Crippen LogP contribution is 2.44. The zero-order chi connectivity index (χ0) is 18.3. The molecule has 134 valence electrons. The first-order valence-electron chi connectivity index (χ1n) is 8.56. The molecule has 1 saturated heterocycles. The lowest BCUT2D eigenvalue weighted by Crippen LogP contribution is -2.45. The summed E-state index contributed by atoms with van der Waals surface area (Å²) in [7, 11) is 0. The second kappa shape index (κ2) is 6.10. The maximum atomic E-state index is 12.8. The zero-order valence-corrected chi connectivity index (χ0v) is 14.2.